The van der Waals surface area contributed by atoms with Gasteiger partial charge in [0, 0.05) is 30.0 Å². The number of amides is 1. The van der Waals surface area contributed by atoms with Gasteiger partial charge in [0.2, 0.25) is 5.91 Å². The highest BCUT2D eigenvalue weighted by atomic mass is 32.1. The number of rotatable bonds is 4. The van der Waals surface area contributed by atoms with E-state index in [2.05, 4.69) is 0 Å². The van der Waals surface area contributed by atoms with E-state index in [1.165, 1.54) is 6.07 Å². The molecule has 2 aromatic heterocycles. The van der Waals surface area contributed by atoms with E-state index >= 15 is 0 Å². The minimum atomic E-state index is -0.426. The summed E-state index contributed by atoms with van der Waals surface area (Å²) in [6, 6.07) is 6.93. The minimum absolute atomic E-state index is 0.0201. The van der Waals surface area contributed by atoms with Crippen LogP contribution in [-0.2, 0) is 4.79 Å². The molecule has 5 nitrogen and oxygen atoms in total. The smallest absolute Gasteiger partial charge is 0.339 e. The van der Waals surface area contributed by atoms with Gasteiger partial charge >= 0.3 is 5.63 Å². The predicted molar refractivity (Wildman–Crippen MR) is 88.7 cm³/mol. The monoisotopic (exact) mass is 331 g/mol. The second kappa shape index (κ2) is 6.83. The number of carbonyl (C=O) groups excluding carboxylic acids is 1. The molecule has 1 atom stereocenters. The van der Waals surface area contributed by atoms with Crippen LogP contribution < -0.4 is 10.4 Å². The van der Waals surface area contributed by atoms with Crippen molar-refractivity contribution < 1.29 is 13.9 Å². The molecule has 3 heterocycles. The maximum absolute atomic E-state index is 12.2. The molecule has 0 radical (unpaired) electrons. The molecule has 1 saturated heterocycles. The van der Waals surface area contributed by atoms with Crippen LogP contribution >= 0.6 is 11.3 Å². The van der Waals surface area contributed by atoms with E-state index in [1.807, 2.05) is 23.6 Å². The maximum Gasteiger partial charge on any atom is 0.339 e. The normalized spacial score (nSPS) is 17.8. The lowest BCUT2D eigenvalue weighted by Gasteiger charge is -2.15. The number of ether oxygens (including phenoxy) is 1. The van der Waals surface area contributed by atoms with Gasteiger partial charge in [-0.1, -0.05) is 6.07 Å². The van der Waals surface area contributed by atoms with E-state index in [0.717, 1.165) is 11.3 Å². The van der Waals surface area contributed by atoms with Crippen LogP contribution in [0.4, 0.5) is 0 Å². The van der Waals surface area contributed by atoms with Gasteiger partial charge in [0.15, 0.2) is 0 Å². The van der Waals surface area contributed by atoms with Gasteiger partial charge in [-0.15, -0.1) is 11.3 Å². The molecular formula is C17H17NO4S. The van der Waals surface area contributed by atoms with Crippen molar-refractivity contribution in [3.05, 3.63) is 56.8 Å². The molecule has 0 spiro atoms. The molecular weight excluding hydrogens is 314 g/mol. The van der Waals surface area contributed by atoms with Gasteiger partial charge in [0.1, 0.15) is 17.6 Å². The summed E-state index contributed by atoms with van der Waals surface area (Å²) in [5.41, 5.74) is -0.426. The molecule has 1 unspecified atom stereocenters. The fraction of sp³-hybridized carbons (Fsp3) is 0.294. The highest BCUT2D eigenvalue weighted by molar-refractivity contribution is 7.10. The Morgan fingerprint density at radius 1 is 1.48 bits per heavy atom. The molecule has 2 aromatic rings. The highest BCUT2D eigenvalue weighted by Crippen LogP contribution is 2.19. The fourth-order valence-corrected chi connectivity index (χ4v) is 3.12. The van der Waals surface area contributed by atoms with Gasteiger partial charge in [0.05, 0.1) is 12.6 Å². The van der Waals surface area contributed by atoms with Crippen molar-refractivity contribution in [2.24, 2.45) is 0 Å². The molecule has 1 aliphatic heterocycles. The topological polar surface area (TPSA) is 59.8 Å². The Morgan fingerprint density at radius 2 is 2.35 bits per heavy atom. The molecule has 1 fully saturated rings. The van der Waals surface area contributed by atoms with E-state index in [0.29, 0.717) is 24.6 Å². The van der Waals surface area contributed by atoms with Crippen molar-refractivity contribution in [3.63, 3.8) is 0 Å². The van der Waals surface area contributed by atoms with Crippen LogP contribution in [0.5, 0.6) is 5.75 Å². The molecule has 6 heteroatoms. The van der Waals surface area contributed by atoms with Crippen LogP contribution in [0, 0.1) is 6.92 Å². The van der Waals surface area contributed by atoms with Crippen molar-refractivity contribution in [2.45, 2.75) is 19.4 Å². The van der Waals surface area contributed by atoms with E-state index < -0.39 is 5.63 Å². The zero-order valence-electron chi connectivity index (χ0n) is 12.7. The average Bonchev–Trinajstić information content (AvgIpc) is 3.15. The van der Waals surface area contributed by atoms with Crippen molar-refractivity contribution in [1.29, 1.82) is 0 Å². The largest absolute Gasteiger partial charge is 0.488 e. The second-order valence-electron chi connectivity index (χ2n) is 5.38. The molecule has 0 aromatic carbocycles. The van der Waals surface area contributed by atoms with Gasteiger partial charge < -0.3 is 14.1 Å². The Kier molecular flexibility index (Phi) is 4.62. The summed E-state index contributed by atoms with van der Waals surface area (Å²) in [5, 5.41) is 1.97. The summed E-state index contributed by atoms with van der Waals surface area (Å²) in [6.07, 6.45) is 4.07. The van der Waals surface area contributed by atoms with Crippen LogP contribution in [0.25, 0.3) is 6.08 Å². The molecule has 1 aliphatic rings. The lowest BCUT2D eigenvalue weighted by Crippen LogP contribution is -2.29. The van der Waals surface area contributed by atoms with Crippen LogP contribution in [0.15, 0.2) is 44.9 Å². The van der Waals surface area contributed by atoms with E-state index in [4.69, 9.17) is 9.15 Å². The zero-order valence-corrected chi connectivity index (χ0v) is 13.5. The quantitative estimate of drug-likeness (QED) is 0.808. The van der Waals surface area contributed by atoms with Crippen LogP contribution in [0.3, 0.4) is 0 Å². The zero-order chi connectivity index (χ0) is 16.2. The highest BCUT2D eigenvalue weighted by Gasteiger charge is 2.26. The summed E-state index contributed by atoms with van der Waals surface area (Å²) in [5.74, 6) is 0.984. The van der Waals surface area contributed by atoms with Gasteiger partial charge in [-0.05, 0) is 24.4 Å². The Bertz CT molecular complexity index is 763. The second-order valence-corrected chi connectivity index (χ2v) is 6.36. The number of likely N-dealkylation sites (tertiary alicyclic amines) is 1. The molecule has 0 N–H and O–H groups in total. The molecule has 0 saturated carbocycles. The SMILES string of the molecule is Cc1cc(OC2CCN(C(=O)/C=C/c3cccs3)C2)cc(=O)o1. The third-order valence-corrected chi connectivity index (χ3v) is 4.40. The Morgan fingerprint density at radius 3 is 3.09 bits per heavy atom. The lowest BCUT2D eigenvalue weighted by molar-refractivity contribution is -0.125. The third kappa shape index (κ3) is 4.10. The van der Waals surface area contributed by atoms with Gasteiger partial charge in [-0.3, -0.25) is 4.79 Å². The molecule has 0 aliphatic carbocycles. The Hall–Kier alpha value is -2.34. The fourth-order valence-electron chi connectivity index (χ4n) is 2.51. The number of aryl methyl sites for hydroxylation is 1. The predicted octanol–water partition coefficient (Wildman–Crippen LogP) is 2.70. The molecule has 120 valence electrons. The Balaban J connectivity index is 1.57. The van der Waals surface area contributed by atoms with Crippen LogP contribution in [0.2, 0.25) is 0 Å². The van der Waals surface area contributed by atoms with Gasteiger partial charge in [-0.2, -0.15) is 0 Å². The minimum Gasteiger partial charge on any atom is -0.488 e. The molecule has 1 amide bonds. The first-order valence-corrected chi connectivity index (χ1v) is 8.27. The van der Waals surface area contributed by atoms with Crippen LogP contribution in [0.1, 0.15) is 17.1 Å². The first-order valence-electron chi connectivity index (χ1n) is 7.39. The lowest BCUT2D eigenvalue weighted by atomic mass is 10.3. The summed E-state index contributed by atoms with van der Waals surface area (Å²) < 4.78 is 10.7. The number of thiophene rings is 1. The van der Waals surface area contributed by atoms with Gasteiger partial charge in [0.25, 0.3) is 0 Å². The maximum atomic E-state index is 12.2. The average molecular weight is 331 g/mol. The summed E-state index contributed by atoms with van der Waals surface area (Å²) in [7, 11) is 0. The first-order chi connectivity index (χ1) is 11.1. The van der Waals surface area contributed by atoms with Crippen molar-refractivity contribution in [1.82, 2.24) is 4.90 Å². The summed E-state index contributed by atoms with van der Waals surface area (Å²) >= 11 is 1.59. The van der Waals surface area contributed by atoms with Crippen molar-refractivity contribution >= 4 is 23.3 Å². The Labute approximate surface area is 137 Å². The van der Waals surface area contributed by atoms with E-state index in [1.54, 1.807) is 35.3 Å². The number of hydrogen-bond donors (Lipinski definition) is 0. The number of hydrogen-bond acceptors (Lipinski definition) is 5. The molecule has 0 bridgehead atoms. The van der Waals surface area contributed by atoms with E-state index in [-0.39, 0.29) is 12.0 Å². The van der Waals surface area contributed by atoms with Crippen molar-refractivity contribution in [2.75, 3.05) is 13.1 Å². The van der Waals surface area contributed by atoms with E-state index in [9.17, 15) is 9.59 Å². The summed E-state index contributed by atoms with van der Waals surface area (Å²) in [4.78, 5) is 26.3. The third-order valence-electron chi connectivity index (χ3n) is 3.56. The number of nitrogens with zero attached hydrogens (tertiary/aromatic N) is 1. The first kappa shape index (κ1) is 15.6. The number of carbonyl (C=O) groups is 1. The van der Waals surface area contributed by atoms with Gasteiger partial charge in [-0.25, -0.2) is 4.79 Å². The van der Waals surface area contributed by atoms with Crippen molar-refractivity contribution in [3.8, 4) is 5.75 Å². The standard InChI is InChI=1S/C17H17NO4S/c1-12-9-14(10-17(20)21-12)22-13-6-7-18(11-13)16(19)5-4-15-3-2-8-23-15/h2-5,8-10,13H,6-7,11H2,1H3/b5-4+. The van der Waals surface area contributed by atoms with Crippen LogP contribution in [-0.4, -0.2) is 30.0 Å². The summed E-state index contributed by atoms with van der Waals surface area (Å²) in [6.45, 7) is 2.87. The molecule has 3 rings (SSSR count). The molecule has 23 heavy (non-hydrogen) atoms.